The average molecular weight is 616 g/mol. The van der Waals surface area contributed by atoms with Crippen molar-refractivity contribution in [2.75, 3.05) is 11.5 Å². The maximum absolute atomic E-state index is 14.1. The molecule has 0 radical (unpaired) electrons. The van der Waals surface area contributed by atoms with Crippen molar-refractivity contribution in [2.45, 2.75) is 35.6 Å². The number of fused-ring (bicyclic) bond motifs is 1. The first-order valence-electron chi connectivity index (χ1n) is 13.5. The Hall–Kier alpha value is -4.48. The Kier molecular flexibility index (Phi) is 8.00. The van der Waals surface area contributed by atoms with Crippen LogP contribution in [-0.4, -0.2) is 39.7 Å². The van der Waals surface area contributed by atoms with Gasteiger partial charge in [0.1, 0.15) is 35.8 Å². The molecule has 0 saturated carbocycles. The lowest BCUT2D eigenvalue weighted by molar-refractivity contribution is -0.132. The first-order valence-corrected chi connectivity index (χ1v) is 15.3. The molecule has 43 heavy (non-hydrogen) atoms. The van der Waals surface area contributed by atoms with Gasteiger partial charge in [-0.3, -0.25) is 14.5 Å². The second-order valence-corrected chi connectivity index (χ2v) is 12.2. The highest BCUT2D eigenvalue weighted by molar-refractivity contribution is 8.00. The van der Waals surface area contributed by atoms with Crippen molar-refractivity contribution in [3.8, 4) is 11.5 Å². The number of aromatic nitrogens is 2. The number of rotatable bonds is 9. The van der Waals surface area contributed by atoms with Gasteiger partial charge in [-0.15, -0.1) is 10.2 Å². The van der Waals surface area contributed by atoms with Crippen LogP contribution in [0.5, 0.6) is 11.5 Å². The number of ketones is 1. The fraction of sp³-hybridized carbons (Fsp3) is 0.188. The third-order valence-electron chi connectivity index (χ3n) is 7.07. The first-order chi connectivity index (χ1) is 20.8. The topological polar surface area (TPSA) is 102 Å². The van der Waals surface area contributed by atoms with Gasteiger partial charge < -0.3 is 14.6 Å². The molecule has 0 bridgehead atoms. The molecule has 2 aliphatic rings. The highest BCUT2D eigenvalue weighted by Crippen LogP contribution is 2.45. The van der Waals surface area contributed by atoms with Crippen LogP contribution in [0.3, 0.4) is 0 Å². The largest absolute Gasteiger partial charge is 0.507 e. The number of nitrogens with zero attached hydrogens (tertiary/aromatic N) is 3. The molecule has 1 N–H and O–H groups in total. The van der Waals surface area contributed by atoms with Crippen molar-refractivity contribution in [2.24, 2.45) is 0 Å². The van der Waals surface area contributed by atoms with Gasteiger partial charge in [-0.2, -0.15) is 0 Å². The average Bonchev–Trinajstić information content (AvgIpc) is 3.70. The van der Waals surface area contributed by atoms with Crippen LogP contribution >= 0.6 is 23.1 Å². The second-order valence-electron chi connectivity index (χ2n) is 10.0. The van der Waals surface area contributed by atoms with Crippen LogP contribution < -0.4 is 14.4 Å². The Morgan fingerprint density at radius 2 is 2.02 bits per heavy atom. The minimum atomic E-state index is -1.01. The number of hydrogen-bond donors (Lipinski definition) is 1. The number of anilines is 1. The van der Waals surface area contributed by atoms with E-state index in [2.05, 4.69) is 16.8 Å². The maximum atomic E-state index is 14.1. The van der Waals surface area contributed by atoms with Gasteiger partial charge in [-0.25, -0.2) is 4.39 Å². The molecule has 3 aromatic carbocycles. The summed E-state index contributed by atoms with van der Waals surface area (Å²) < 4.78 is 26.2. The van der Waals surface area contributed by atoms with Crippen LogP contribution in [0.15, 0.2) is 89.3 Å². The van der Waals surface area contributed by atoms with Gasteiger partial charge in [0.2, 0.25) is 5.13 Å². The molecule has 1 saturated heterocycles. The van der Waals surface area contributed by atoms with Crippen LogP contribution in [-0.2, 0) is 21.8 Å². The summed E-state index contributed by atoms with van der Waals surface area (Å²) in [5.74, 6) is -0.773. The molecule has 2 aliphatic heterocycles. The molecular weight excluding hydrogens is 590 g/mol. The van der Waals surface area contributed by atoms with Crippen LogP contribution in [0.2, 0.25) is 0 Å². The number of Topliss-reactive ketones (excluding diaryl/α,β-unsaturated/α-hetero) is 1. The molecular formula is C32H26FN3O5S2. The van der Waals surface area contributed by atoms with Crippen molar-refractivity contribution in [3.63, 3.8) is 0 Å². The van der Waals surface area contributed by atoms with Gasteiger partial charge in [-0.05, 0) is 60.0 Å². The molecule has 6 rings (SSSR count). The van der Waals surface area contributed by atoms with Crippen LogP contribution in [0.25, 0.3) is 5.76 Å². The van der Waals surface area contributed by atoms with E-state index in [1.54, 1.807) is 66.7 Å². The number of hydrogen-bond acceptors (Lipinski definition) is 9. The van der Waals surface area contributed by atoms with Crippen LogP contribution in [0, 0.1) is 5.82 Å². The summed E-state index contributed by atoms with van der Waals surface area (Å²) in [6.45, 7) is 5.90. The number of halogens is 1. The predicted octanol–water partition coefficient (Wildman–Crippen LogP) is 6.48. The highest BCUT2D eigenvalue weighted by Gasteiger charge is 2.48. The van der Waals surface area contributed by atoms with Gasteiger partial charge in [-0.1, -0.05) is 66.1 Å². The van der Waals surface area contributed by atoms with E-state index < -0.39 is 17.7 Å². The molecule has 0 aliphatic carbocycles. The Labute approximate surface area is 255 Å². The third-order valence-corrected chi connectivity index (χ3v) is 9.17. The first kappa shape index (κ1) is 28.6. The minimum absolute atomic E-state index is 0.000802. The number of ether oxygens (including phenoxy) is 2. The number of thioether (sulfide) groups is 1. The van der Waals surface area contributed by atoms with Gasteiger partial charge in [0, 0.05) is 17.7 Å². The number of carbonyl (C=O) groups is 2. The summed E-state index contributed by atoms with van der Waals surface area (Å²) >= 11 is 2.38. The van der Waals surface area contributed by atoms with E-state index in [0.29, 0.717) is 39.0 Å². The lowest BCUT2D eigenvalue weighted by atomic mass is 9.94. The molecule has 1 amide bonds. The highest BCUT2D eigenvalue weighted by atomic mass is 32.2. The molecule has 4 aromatic rings. The lowest BCUT2D eigenvalue weighted by Crippen LogP contribution is -2.29. The molecule has 3 heterocycles. The van der Waals surface area contributed by atoms with Gasteiger partial charge in [0.15, 0.2) is 4.34 Å². The second kappa shape index (κ2) is 12.0. The molecule has 2 atom stereocenters. The van der Waals surface area contributed by atoms with E-state index in [1.807, 2.05) is 6.92 Å². The minimum Gasteiger partial charge on any atom is -0.507 e. The van der Waals surface area contributed by atoms with Gasteiger partial charge >= 0.3 is 5.91 Å². The Bertz CT molecular complexity index is 1770. The Morgan fingerprint density at radius 1 is 1.19 bits per heavy atom. The third kappa shape index (κ3) is 5.65. The van der Waals surface area contributed by atoms with E-state index in [1.165, 1.54) is 22.7 Å². The van der Waals surface area contributed by atoms with E-state index in [0.717, 1.165) is 22.6 Å². The number of aliphatic hydroxyl groups excluding tert-OH is 1. The zero-order valence-corrected chi connectivity index (χ0v) is 24.7. The van der Waals surface area contributed by atoms with E-state index in [-0.39, 0.29) is 35.0 Å². The summed E-state index contributed by atoms with van der Waals surface area (Å²) in [7, 11) is 0. The molecule has 0 unspecified atom stereocenters. The quantitative estimate of drug-likeness (QED) is 0.0570. The SMILES string of the molecule is C=CCOc1cccc([C@@H]2C(=C(O)c3ccc4c(c3)C[C@@H](C)O4)C(=O)C(=O)N2c2nnc(SCc3ccccc3F)s2)c1. The van der Waals surface area contributed by atoms with E-state index >= 15 is 0 Å². The fourth-order valence-electron chi connectivity index (χ4n) is 5.11. The Balaban J connectivity index is 1.40. The van der Waals surface area contributed by atoms with E-state index in [4.69, 9.17) is 9.47 Å². The van der Waals surface area contributed by atoms with Crippen molar-refractivity contribution in [1.29, 1.82) is 0 Å². The van der Waals surface area contributed by atoms with Crippen molar-refractivity contribution in [3.05, 3.63) is 113 Å². The number of aliphatic hydroxyl groups is 1. The molecule has 8 nitrogen and oxygen atoms in total. The van der Waals surface area contributed by atoms with Crippen LogP contribution in [0.4, 0.5) is 9.52 Å². The molecule has 1 aromatic heterocycles. The fourth-order valence-corrected chi connectivity index (χ4v) is 6.97. The summed E-state index contributed by atoms with van der Waals surface area (Å²) in [6, 6.07) is 17.6. The molecule has 218 valence electrons. The lowest BCUT2D eigenvalue weighted by Gasteiger charge is -2.23. The Morgan fingerprint density at radius 3 is 2.84 bits per heavy atom. The summed E-state index contributed by atoms with van der Waals surface area (Å²) in [6.07, 6.45) is 2.27. The number of amides is 1. The molecule has 0 spiro atoms. The normalized spacial score (nSPS) is 18.9. The molecule has 1 fully saturated rings. The standard InChI is InChI=1S/C32H26FN3O5S2/c1-3-13-40-23-9-6-8-19(16-23)27-26(28(37)20-11-12-25-22(15-20)14-18(2)41-25)29(38)30(39)36(27)31-34-35-32(43-31)42-17-21-7-4-5-10-24(21)33/h3-12,15-16,18,27,37H,1,13-14,17H2,2H3/t18-,27-/m1/s1. The smallest absolute Gasteiger partial charge is 0.301 e. The van der Waals surface area contributed by atoms with E-state index in [9.17, 15) is 19.1 Å². The maximum Gasteiger partial charge on any atom is 0.301 e. The zero-order valence-electron chi connectivity index (χ0n) is 23.0. The monoisotopic (exact) mass is 615 g/mol. The number of carbonyl (C=O) groups excluding carboxylic acids is 2. The van der Waals surface area contributed by atoms with Crippen molar-refractivity contribution < 1.29 is 28.6 Å². The molecule has 11 heteroatoms. The summed E-state index contributed by atoms with van der Waals surface area (Å²) in [5.41, 5.74) is 2.28. The van der Waals surface area contributed by atoms with Crippen molar-refractivity contribution >= 4 is 45.7 Å². The predicted molar refractivity (Wildman–Crippen MR) is 163 cm³/mol. The van der Waals surface area contributed by atoms with Crippen LogP contribution in [0.1, 0.15) is 35.2 Å². The van der Waals surface area contributed by atoms with Gasteiger partial charge in [0.05, 0.1) is 11.6 Å². The number of benzene rings is 3. The van der Waals surface area contributed by atoms with Crippen molar-refractivity contribution in [1.82, 2.24) is 10.2 Å². The summed E-state index contributed by atoms with van der Waals surface area (Å²) in [4.78, 5) is 28.5. The zero-order chi connectivity index (χ0) is 30.1. The summed E-state index contributed by atoms with van der Waals surface area (Å²) in [5, 5.41) is 20.2. The van der Waals surface area contributed by atoms with Gasteiger partial charge in [0.25, 0.3) is 5.78 Å².